The number of nitrogens with zero attached hydrogens (tertiary/aromatic N) is 1. The summed E-state index contributed by atoms with van der Waals surface area (Å²) in [6.07, 6.45) is 3.38. The van der Waals surface area contributed by atoms with Crippen LogP contribution in [0.4, 0.5) is 0 Å². The first-order valence-electron chi connectivity index (χ1n) is 9.01. The van der Waals surface area contributed by atoms with Gasteiger partial charge in [0.25, 0.3) is 0 Å². The van der Waals surface area contributed by atoms with Gasteiger partial charge in [0.1, 0.15) is 5.75 Å². The van der Waals surface area contributed by atoms with E-state index in [1.165, 1.54) is 39.7 Å². The SMILES string of the molecule is COc1cc(C(=O)Oc2ccc(/C=N/NC(=O)C3CC3)cc2)cc(OC)c1OC. The Kier molecular flexibility index (Phi) is 6.33. The van der Waals surface area contributed by atoms with Crippen LogP contribution in [-0.2, 0) is 4.79 Å². The molecule has 1 aliphatic carbocycles. The molecule has 0 aliphatic heterocycles. The van der Waals surface area contributed by atoms with Crippen LogP contribution < -0.4 is 24.4 Å². The smallest absolute Gasteiger partial charge is 0.343 e. The van der Waals surface area contributed by atoms with Gasteiger partial charge in [-0.15, -0.1) is 0 Å². The number of hydrogen-bond donors (Lipinski definition) is 1. The molecule has 0 radical (unpaired) electrons. The maximum atomic E-state index is 12.5. The molecule has 0 unspecified atom stereocenters. The van der Waals surface area contributed by atoms with E-state index in [1.807, 2.05) is 0 Å². The second-order valence-corrected chi connectivity index (χ2v) is 6.38. The van der Waals surface area contributed by atoms with Crippen LogP contribution in [0.3, 0.4) is 0 Å². The van der Waals surface area contributed by atoms with Crippen molar-refractivity contribution in [3.8, 4) is 23.0 Å². The van der Waals surface area contributed by atoms with Crippen molar-refractivity contribution in [1.82, 2.24) is 5.43 Å². The number of hydrazone groups is 1. The fourth-order valence-corrected chi connectivity index (χ4v) is 2.59. The Morgan fingerprint density at radius 2 is 1.62 bits per heavy atom. The van der Waals surface area contributed by atoms with Gasteiger partial charge in [-0.1, -0.05) is 0 Å². The van der Waals surface area contributed by atoms with E-state index in [-0.39, 0.29) is 17.4 Å². The van der Waals surface area contributed by atoms with Crippen LogP contribution in [0, 0.1) is 5.92 Å². The van der Waals surface area contributed by atoms with Crippen molar-refractivity contribution in [2.24, 2.45) is 11.0 Å². The maximum absolute atomic E-state index is 12.5. The van der Waals surface area contributed by atoms with Crippen LogP contribution in [0.5, 0.6) is 23.0 Å². The average Bonchev–Trinajstić information content (AvgIpc) is 3.59. The minimum atomic E-state index is -0.567. The molecule has 29 heavy (non-hydrogen) atoms. The summed E-state index contributed by atoms with van der Waals surface area (Å²) in [5.74, 6) is 0.952. The molecule has 1 N–H and O–H groups in total. The number of hydrogen-bond acceptors (Lipinski definition) is 7. The molecule has 2 aromatic carbocycles. The number of methoxy groups -OCH3 is 3. The molecule has 1 amide bonds. The predicted molar refractivity (Wildman–Crippen MR) is 106 cm³/mol. The fraction of sp³-hybridized carbons (Fsp3) is 0.286. The third-order valence-electron chi connectivity index (χ3n) is 4.33. The summed E-state index contributed by atoms with van der Waals surface area (Å²) >= 11 is 0. The van der Waals surface area contributed by atoms with E-state index in [4.69, 9.17) is 18.9 Å². The van der Waals surface area contributed by atoms with Crippen LogP contribution in [0.1, 0.15) is 28.8 Å². The molecule has 0 saturated heterocycles. The van der Waals surface area contributed by atoms with Crippen LogP contribution in [-0.4, -0.2) is 39.4 Å². The molecule has 1 aliphatic rings. The van der Waals surface area contributed by atoms with Crippen LogP contribution >= 0.6 is 0 Å². The first kappa shape index (κ1) is 20.2. The molecule has 0 atom stereocenters. The molecule has 0 heterocycles. The van der Waals surface area contributed by atoms with Gasteiger partial charge in [0.15, 0.2) is 11.5 Å². The zero-order valence-electron chi connectivity index (χ0n) is 16.4. The Labute approximate surface area is 168 Å². The highest BCUT2D eigenvalue weighted by Gasteiger charge is 2.29. The highest BCUT2D eigenvalue weighted by Crippen LogP contribution is 2.38. The zero-order valence-corrected chi connectivity index (χ0v) is 16.4. The summed E-state index contributed by atoms with van der Waals surface area (Å²) in [5, 5.41) is 3.92. The highest BCUT2D eigenvalue weighted by molar-refractivity contribution is 5.93. The molecule has 0 aromatic heterocycles. The van der Waals surface area contributed by atoms with Gasteiger partial charge >= 0.3 is 5.97 Å². The van der Waals surface area contributed by atoms with Crippen molar-refractivity contribution < 1.29 is 28.5 Å². The van der Waals surface area contributed by atoms with E-state index in [0.29, 0.717) is 23.0 Å². The lowest BCUT2D eigenvalue weighted by Crippen LogP contribution is -2.18. The van der Waals surface area contributed by atoms with Crippen LogP contribution in [0.2, 0.25) is 0 Å². The van der Waals surface area contributed by atoms with Crippen molar-refractivity contribution >= 4 is 18.1 Å². The standard InChI is InChI=1S/C21H22N2O6/c1-26-17-10-15(11-18(27-2)19(17)28-3)21(25)29-16-8-4-13(5-9-16)12-22-23-20(24)14-6-7-14/h4-5,8-12,14H,6-7H2,1-3H3,(H,23,24)/b22-12+. The first-order valence-corrected chi connectivity index (χ1v) is 9.01. The van der Waals surface area contributed by atoms with E-state index < -0.39 is 5.97 Å². The Balaban J connectivity index is 1.66. The summed E-state index contributed by atoms with van der Waals surface area (Å²) in [6, 6.07) is 9.77. The van der Waals surface area contributed by atoms with Crippen molar-refractivity contribution in [2.75, 3.05) is 21.3 Å². The fourth-order valence-electron chi connectivity index (χ4n) is 2.59. The molecular weight excluding hydrogens is 376 g/mol. The van der Waals surface area contributed by atoms with Gasteiger partial charge in [-0.25, -0.2) is 10.2 Å². The molecule has 0 bridgehead atoms. The summed E-state index contributed by atoms with van der Waals surface area (Å²) in [4.78, 5) is 24.0. The van der Waals surface area contributed by atoms with Gasteiger partial charge in [0.2, 0.25) is 11.7 Å². The quantitative estimate of drug-likeness (QED) is 0.318. The van der Waals surface area contributed by atoms with Crippen molar-refractivity contribution in [1.29, 1.82) is 0 Å². The molecule has 8 heteroatoms. The number of esters is 1. The number of rotatable bonds is 8. The molecule has 1 saturated carbocycles. The lowest BCUT2D eigenvalue weighted by Gasteiger charge is -2.13. The topological polar surface area (TPSA) is 95.5 Å². The van der Waals surface area contributed by atoms with Gasteiger partial charge in [0.05, 0.1) is 33.1 Å². The molecule has 3 rings (SSSR count). The Hall–Kier alpha value is -3.55. The maximum Gasteiger partial charge on any atom is 0.343 e. The molecule has 152 valence electrons. The number of carbonyl (C=O) groups is 2. The van der Waals surface area contributed by atoms with Crippen molar-refractivity contribution in [3.05, 3.63) is 47.5 Å². The average molecular weight is 398 g/mol. The van der Waals surface area contributed by atoms with Gasteiger partial charge in [-0.05, 0) is 54.8 Å². The third-order valence-corrected chi connectivity index (χ3v) is 4.33. The van der Waals surface area contributed by atoms with E-state index in [9.17, 15) is 9.59 Å². The van der Waals surface area contributed by atoms with Gasteiger partial charge in [0, 0.05) is 5.92 Å². The Morgan fingerprint density at radius 1 is 1.00 bits per heavy atom. The molecule has 1 fully saturated rings. The second kappa shape index (κ2) is 9.09. The number of amides is 1. The van der Waals surface area contributed by atoms with Gasteiger partial charge < -0.3 is 18.9 Å². The Bertz CT molecular complexity index is 894. The number of ether oxygens (including phenoxy) is 4. The van der Waals surface area contributed by atoms with Gasteiger partial charge in [-0.2, -0.15) is 5.10 Å². The van der Waals surface area contributed by atoms with E-state index in [0.717, 1.165) is 18.4 Å². The summed E-state index contributed by atoms with van der Waals surface area (Å²) in [7, 11) is 4.43. The van der Waals surface area contributed by atoms with Crippen molar-refractivity contribution in [3.63, 3.8) is 0 Å². The van der Waals surface area contributed by atoms with E-state index >= 15 is 0 Å². The lowest BCUT2D eigenvalue weighted by molar-refractivity contribution is -0.122. The highest BCUT2D eigenvalue weighted by atomic mass is 16.5. The summed E-state index contributed by atoms with van der Waals surface area (Å²) in [5.41, 5.74) is 3.52. The monoisotopic (exact) mass is 398 g/mol. The molecular formula is C21H22N2O6. The zero-order chi connectivity index (χ0) is 20.8. The normalized spacial score (nSPS) is 13.1. The lowest BCUT2D eigenvalue weighted by atomic mass is 10.2. The Morgan fingerprint density at radius 3 is 2.14 bits per heavy atom. The number of carbonyl (C=O) groups excluding carboxylic acids is 2. The van der Waals surface area contributed by atoms with E-state index in [1.54, 1.807) is 24.3 Å². The first-order chi connectivity index (χ1) is 14.0. The van der Waals surface area contributed by atoms with Crippen LogP contribution in [0.15, 0.2) is 41.5 Å². The second-order valence-electron chi connectivity index (χ2n) is 6.38. The summed E-state index contributed by atoms with van der Waals surface area (Å²) in [6.45, 7) is 0. The minimum absolute atomic E-state index is 0.0582. The molecule has 0 spiro atoms. The molecule has 2 aromatic rings. The summed E-state index contributed by atoms with van der Waals surface area (Å²) < 4.78 is 21.2. The van der Waals surface area contributed by atoms with Crippen LogP contribution in [0.25, 0.3) is 0 Å². The third kappa shape index (κ3) is 5.04. The van der Waals surface area contributed by atoms with E-state index in [2.05, 4.69) is 10.5 Å². The molecule has 8 nitrogen and oxygen atoms in total. The largest absolute Gasteiger partial charge is 0.493 e. The van der Waals surface area contributed by atoms with Gasteiger partial charge in [-0.3, -0.25) is 4.79 Å². The predicted octanol–water partition coefficient (Wildman–Crippen LogP) is 2.79. The minimum Gasteiger partial charge on any atom is -0.493 e. The van der Waals surface area contributed by atoms with Crippen molar-refractivity contribution in [2.45, 2.75) is 12.8 Å². The number of nitrogens with one attached hydrogen (secondary N) is 1. The number of benzene rings is 2.